The zero-order valence-electron chi connectivity index (χ0n) is 12.9. The normalized spacial score (nSPS) is 20.3. The molecule has 0 spiro atoms. The first-order valence-electron chi connectivity index (χ1n) is 7.59. The summed E-state index contributed by atoms with van der Waals surface area (Å²) in [5.41, 5.74) is 0. The third-order valence-electron chi connectivity index (χ3n) is 3.88. The smallest absolute Gasteiger partial charge is 0.181 e. The van der Waals surface area contributed by atoms with Gasteiger partial charge in [-0.1, -0.05) is 6.07 Å². The lowest BCUT2D eigenvalue weighted by atomic mass is 9.99. The molecule has 2 nitrogen and oxygen atoms in total. The van der Waals surface area contributed by atoms with Crippen molar-refractivity contribution in [2.45, 2.75) is 26.1 Å². The van der Waals surface area contributed by atoms with Crippen molar-refractivity contribution < 1.29 is 22.6 Å². The van der Waals surface area contributed by atoms with E-state index < -0.39 is 23.9 Å². The van der Waals surface area contributed by atoms with Crippen molar-refractivity contribution in [2.75, 3.05) is 13.2 Å². The topological polar surface area (TPSA) is 18.5 Å². The van der Waals surface area contributed by atoms with Crippen molar-refractivity contribution in [1.29, 1.82) is 0 Å². The third kappa shape index (κ3) is 2.70. The van der Waals surface area contributed by atoms with Crippen LogP contribution in [0.25, 0.3) is 22.7 Å². The Morgan fingerprint density at radius 1 is 1.09 bits per heavy atom. The lowest BCUT2D eigenvalue weighted by Crippen LogP contribution is -2.40. The number of ether oxygens (including phenoxy) is 2. The van der Waals surface area contributed by atoms with Crippen LogP contribution in [0, 0.1) is 5.82 Å². The highest BCUT2D eigenvalue weighted by atomic mass is 19.2. The molecule has 2 aromatic carbocycles. The average Bonchev–Trinajstić information content (AvgIpc) is 2.54. The molecule has 1 aliphatic rings. The first-order valence-corrected chi connectivity index (χ1v) is 7.59. The first-order chi connectivity index (χ1) is 11.1. The van der Waals surface area contributed by atoms with Crippen LogP contribution in [0.2, 0.25) is 0 Å². The Hall–Kier alpha value is -2.01. The molecule has 2 unspecified atom stereocenters. The zero-order valence-corrected chi connectivity index (χ0v) is 12.9. The molecule has 0 saturated carbocycles. The molecule has 0 heterocycles. The molecule has 122 valence electrons. The molecule has 5 heteroatoms. The van der Waals surface area contributed by atoms with Crippen LogP contribution in [0.4, 0.5) is 13.2 Å². The fourth-order valence-electron chi connectivity index (χ4n) is 2.82. The summed E-state index contributed by atoms with van der Waals surface area (Å²) in [5, 5.41) is 1.38. The van der Waals surface area contributed by atoms with Crippen LogP contribution in [-0.2, 0) is 4.74 Å². The van der Waals surface area contributed by atoms with Gasteiger partial charge in [0.15, 0.2) is 17.7 Å². The van der Waals surface area contributed by atoms with E-state index in [0.29, 0.717) is 17.2 Å². The molecule has 0 saturated heterocycles. The molecule has 0 fully saturated rings. The lowest BCUT2D eigenvalue weighted by Gasteiger charge is -2.20. The van der Waals surface area contributed by atoms with Crippen molar-refractivity contribution in [3.8, 4) is 5.75 Å². The van der Waals surface area contributed by atoms with Gasteiger partial charge >= 0.3 is 0 Å². The Labute approximate surface area is 131 Å². The van der Waals surface area contributed by atoms with Gasteiger partial charge in [0.05, 0.1) is 6.61 Å². The van der Waals surface area contributed by atoms with E-state index in [0.717, 1.165) is 0 Å². The highest BCUT2D eigenvalue weighted by Crippen LogP contribution is 2.26. The van der Waals surface area contributed by atoms with Crippen LogP contribution < -0.4 is 15.2 Å². The summed E-state index contributed by atoms with van der Waals surface area (Å²) in [6.45, 7) is 4.08. The first kappa shape index (κ1) is 15.9. The molecular formula is C18H17F3O2. The van der Waals surface area contributed by atoms with Crippen molar-refractivity contribution in [2.24, 2.45) is 0 Å². The van der Waals surface area contributed by atoms with E-state index in [2.05, 4.69) is 0 Å². The van der Waals surface area contributed by atoms with Crippen LogP contribution in [0.3, 0.4) is 0 Å². The van der Waals surface area contributed by atoms with E-state index in [1.807, 2.05) is 0 Å². The van der Waals surface area contributed by atoms with Crippen molar-refractivity contribution >= 4 is 22.7 Å². The molecule has 0 radical (unpaired) electrons. The van der Waals surface area contributed by atoms with Gasteiger partial charge in [-0.3, -0.25) is 0 Å². The van der Waals surface area contributed by atoms with Gasteiger partial charge in [-0.15, -0.1) is 0 Å². The Balaban J connectivity index is 2.27. The van der Waals surface area contributed by atoms with E-state index in [-0.39, 0.29) is 23.0 Å². The van der Waals surface area contributed by atoms with Crippen LogP contribution >= 0.6 is 0 Å². The Kier molecular flexibility index (Phi) is 4.31. The quantitative estimate of drug-likeness (QED) is 0.861. The predicted octanol–water partition coefficient (Wildman–Crippen LogP) is 2.99. The number of benzene rings is 2. The maximum absolute atomic E-state index is 14.5. The second kappa shape index (κ2) is 6.24. The predicted molar refractivity (Wildman–Crippen MR) is 83.6 cm³/mol. The summed E-state index contributed by atoms with van der Waals surface area (Å²) in [6.07, 6.45) is -1.30. The van der Waals surface area contributed by atoms with Gasteiger partial charge in [-0.2, -0.15) is 0 Å². The van der Waals surface area contributed by atoms with Gasteiger partial charge < -0.3 is 9.47 Å². The molecule has 2 atom stereocenters. The minimum absolute atomic E-state index is 0.0634. The minimum atomic E-state index is -1.88. The Bertz CT molecular complexity index is 861. The Morgan fingerprint density at radius 3 is 2.57 bits per heavy atom. The van der Waals surface area contributed by atoms with E-state index in [9.17, 15) is 13.2 Å². The molecule has 0 N–H and O–H groups in total. The van der Waals surface area contributed by atoms with Gasteiger partial charge in [-0.25, -0.2) is 13.2 Å². The minimum Gasteiger partial charge on any atom is -0.491 e. The van der Waals surface area contributed by atoms with Crippen LogP contribution in [0.5, 0.6) is 5.75 Å². The summed E-state index contributed by atoms with van der Waals surface area (Å²) in [5.74, 6) is -1.39. The van der Waals surface area contributed by atoms with Crippen molar-refractivity contribution in [1.82, 2.24) is 0 Å². The highest BCUT2D eigenvalue weighted by molar-refractivity contribution is 5.85. The number of hydrogen-bond donors (Lipinski definition) is 0. The summed E-state index contributed by atoms with van der Waals surface area (Å²) < 4.78 is 53.4. The molecule has 0 amide bonds. The van der Waals surface area contributed by atoms with Gasteiger partial charge in [-0.05, 0) is 48.7 Å². The second-order valence-corrected chi connectivity index (χ2v) is 5.31. The molecule has 2 aromatic rings. The number of rotatable bonds is 4. The SMILES string of the molecule is CCOc1ccc2cc3c(cc2c1F)=C(F)C(F)C(OCC)C=3. The van der Waals surface area contributed by atoms with Crippen LogP contribution in [-0.4, -0.2) is 25.5 Å². The second-order valence-electron chi connectivity index (χ2n) is 5.31. The zero-order chi connectivity index (χ0) is 16.6. The molecule has 0 aliphatic heterocycles. The summed E-state index contributed by atoms with van der Waals surface area (Å²) in [7, 11) is 0. The monoisotopic (exact) mass is 322 g/mol. The fourth-order valence-corrected chi connectivity index (χ4v) is 2.82. The third-order valence-corrected chi connectivity index (χ3v) is 3.88. The maximum Gasteiger partial charge on any atom is 0.181 e. The maximum atomic E-state index is 14.5. The number of fused-ring (bicyclic) bond motifs is 2. The lowest BCUT2D eigenvalue weighted by molar-refractivity contribution is 0.0603. The van der Waals surface area contributed by atoms with Crippen molar-refractivity contribution in [3.05, 3.63) is 40.5 Å². The molecule has 23 heavy (non-hydrogen) atoms. The summed E-state index contributed by atoms with van der Waals surface area (Å²) >= 11 is 0. The van der Waals surface area contributed by atoms with Gasteiger partial charge in [0.25, 0.3) is 0 Å². The Morgan fingerprint density at radius 2 is 1.87 bits per heavy atom. The summed E-state index contributed by atoms with van der Waals surface area (Å²) in [4.78, 5) is 0. The molecule has 1 aliphatic carbocycles. The van der Waals surface area contributed by atoms with E-state index >= 15 is 0 Å². The van der Waals surface area contributed by atoms with Gasteiger partial charge in [0.1, 0.15) is 11.9 Å². The van der Waals surface area contributed by atoms with Crippen LogP contribution in [0.1, 0.15) is 13.8 Å². The number of alkyl halides is 1. The molecular weight excluding hydrogens is 305 g/mol. The highest BCUT2D eigenvalue weighted by Gasteiger charge is 2.28. The summed E-state index contributed by atoms with van der Waals surface area (Å²) in [6, 6.07) is 6.21. The van der Waals surface area contributed by atoms with E-state index in [4.69, 9.17) is 9.47 Å². The fraction of sp³-hybridized carbons (Fsp3) is 0.333. The molecule has 0 bridgehead atoms. The average molecular weight is 322 g/mol. The van der Waals surface area contributed by atoms with Crippen LogP contribution in [0.15, 0.2) is 24.3 Å². The molecule has 3 rings (SSSR count). The van der Waals surface area contributed by atoms with Crippen molar-refractivity contribution in [3.63, 3.8) is 0 Å². The standard InChI is InChI=1S/C18H17F3O2/c1-3-22-14-6-5-10-7-11-8-15(23-4-2)18(21)17(20)13(11)9-12(10)16(14)19/h5-9,15,18H,3-4H2,1-2H3. The van der Waals surface area contributed by atoms with E-state index in [1.165, 1.54) is 12.1 Å². The molecule has 0 aromatic heterocycles. The number of halogens is 3. The largest absolute Gasteiger partial charge is 0.491 e. The number of hydrogen-bond acceptors (Lipinski definition) is 2. The van der Waals surface area contributed by atoms with E-state index in [1.54, 1.807) is 32.1 Å². The van der Waals surface area contributed by atoms with Gasteiger partial charge in [0, 0.05) is 17.2 Å². The van der Waals surface area contributed by atoms with Gasteiger partial charge in [0.2, 0.25) is 0 Å².